The van der Waals surface area contributed by atoms with Gasteiger partial charge in [-0.15, -0.1) is 0 Å². The lowest BCUT2D eigenvalue weighted by molar-refractivity contribution is 0.249. The van der Waals surface area contributed by atoms with Crippen molar-refractivity contribution in [2.45, 2.75) is 6.10 Å². The van der Waals surface area contributed by atoms with Crippen molar-refractivity contribution in [3.05, 3.63) is 11.5 Å². The van der Waals surface area contributed by atoms with E-state index in [-0.39, 0.29) is 5.75 Å². The molecule has 0 radical (unpaired) electrons. The number of aliphatic hydroxyl groups is 1. The van der Waals surface area contributed by atoms with E-state index in [0.717, 1.165) is 5.41 Å². The molecule has 0 amide bonds. The lowest BCUT2D eigenvalue weighted by atomic mass is 10.4. The summed E-state index contributed by atoms with van der Waals surface area (Å²) in [5.74, 6) is -0.146. The topological polar surface area (TPSA) is 54.4 Å². The van der Waals surface area contributed by atoms with Gasteiger partial charge in [-0.25, -0.2) is 8.42 Å². The van der Waals surface area contributed by atoms with Crippen LogP contribution in [0.5, 0.6) is 0 Å². The maximum Gasteiger partial charge on any atom is 0.174 e. The number of aliphatic hydroxyl groups excluding tert-OH is 1. The molecule has 0 spiro atoms. The first-order valence-electron chi connectivity index (χ1n) is 2.19. The Morgan fingerprint density at radius 1 is 1.62 bits per heavy atom. The minimum absolute atomic E-state index is 0.146. The van der Waals surface area contributed by atoms with Gasteiger partial charge in [0.1, 0.15) is 0 Å². The molecule has 0 aliphatic carbocycles. The van der Waals surface area contributed by atoms with E-state index in [1.54, 1.807) is 0 Å². The molecule has 3 nitrogen and oxygen atoms in total. The van der Waals surface area contributed by atoms with Crippen molar-refractivity contribution in [2.24, 2.45) is 0 Å². The second-order valence-electron chi connectivity index (χ2n) is 1.73. The lowest BCUT2D eigenvalue weighted by Gasteiger charge is -1.90. The minimum Gasteiger partial charge on any atom is -0.388 e. The Labute approximate surface area is 47.6 Å². The summed E-state index contributed by atoms with van der Waals surface area (Å²) < 4.78 is 20.8. The molecule has 8 heavy (non-hydrogen) atoms. The highest BCUT2D eigenvalue weighted by Crippen LogP contribution is 2.06. The number of rotatable bonds is 0. The Kier molecular flexibility index (Phi) is 1.13. The fraction of sp³-hybridized carbons (Fsp3) is 0.500. The van der Waals surface area contributed by atoms with Gasteiger partial charge in [-0.05, 0) is 6.08 Å². The molecule has 0 aromatic rings. The Balaban J connectivity index is 2.89. The van der Waals surface area contributed by atoms with Crippen LogP contribution < -0.4 is 0 Å². The third kappa shape index (κ3) is 1.08. The highest BCUT2D eigenvalue weighted by Gasteiger charge is 2.18. The third-order valence-corrected chi connectivity index (χ3v) is 2.29. The van der Waals surface area contributed by atoms with Gasteiger partial charge in [-0.2, -0.15) is 0 Å². The Hall–Kier alpha value is -0.350. The summed E-state index contributed by atoms with van der Waals surface area (Å²) in [7, 11) is -3.03. The molecule has 1 rings (SSSR count). The summed E-state index contributed by atoms with van der Waals surface area (Å²) >= 11 is 0. The number of sulfone groups is 1. The zero-order chi connectivity index (χ0) is 6.20. The Bertz CT molecular complexity index is 201. The average molecular weight is 134 g/mol. The lowest BCUT2D eigenvalue weighted by Crippen LogP contribution is -2.08. The second-order valence-corrected chi connectivity index (χ2v) is 3.66. The van der Waals surface area contributed by atoms with E-state index in [1.165, 1.54) is 6.08 Å². The van der Waals surface area contributed by atoms with Gasteiger partial charge in [0.15, 0.2) is 9.84 Å². The van der Waals surface area contributed by atoms with Crippen LogP contribution in [0.2, 0.25) is 0 Å². The van der Waals surface area contributed by atoms with Gasteiger partial charge in [-0.1, -0.05) is 0 Å². The van der Waals surface area contributed by atoms with Crippen molar-refractivity contribution in [1.29, 1.82) is 0 Å². The molecule has 0 aromatic carbocycles. The highest BCUT2D eigenvalue weighted by molar-refractivity contribution is 7.94. The van der Waals surface area contributed by atoms with E-state index >= 15 is 0 Å². The Morgan fingerprint density at radius 3 is 2.38 bits per heavy atom. The molecule has 0 saturated carbocycles. The predicted molar refractivity (Wildman–Crippen MR) is 28.9 cm³/mol. The average Bonchev–Trinajstić information content (AvgIpc) is 1.82. The van der Waals surface area contributed by atoms with Crippen molar-refractivity contribution < 1.29 is 13.5 Å². The van der Waals surface area contributed by atoms with Crippen LogP contribution in [0.15, 0.2) is 11.5 Å². The number of hydrogen-bond donors (Lipinski definition) is 1. The van der Waals surface area contributed by atoms with Crippen molar-refractivity contribution in [3.8, 4) is 0 Å². The Morgan fingerprint density at radius 2 is 2.25 bits per heavy atom. The van der Waals surface area contributed by atoms with Crippen LogP contribution in [-0.2, 0) is 9.84 Å². The first-order valence-corrected chi connectivity index (χ1v) is 3.91. The molecule has 1 atom stereocenters. The van der Waals surface area contributed by atoms with E-state index in [9.17, 15) is 8.42 Å². The quantitative estimate of drug-likeness (QED) is 0.476. The normalized spacial score (nSPS) is 33.4. The second kappa shape index (κ2) is 1.56. The van der Waals surface area contributed by atoms with Gasteiger partial charge in [0, 0.05) is 5.41 Å². The molecule has 1 N–H and O–H groups in total. The van der Waals surface area contributed by atoms with Crippen LogP contribution in [0.25, 0.3) is 0 Å². The maximum atomic E-state index is 10.4. The van der Waals surface area contributed by atoms with Crippen LogP contribution >= 0.6 is 0 Å². The van der Waals surface area contributed by atoms with Crippen LogP contribution in [0.3, 0.4) is 0 Å². The standard InChI is InChI=1S/C4H6O3S/c5-4-1-2-8(6,7)3-4/h1-2,4-5H,3H2. The van der Waals surface area contributed by atoms with Crippen molar-refractivity contribution in [1.82, 2.24) is 0 Å². The molecule has 0 saturated heterocycles. The molecule has 0 bridgehead atoms. The van der Waals surface area contributed by atoms with Crippen molar-refractivity contribution in [2.75, 3.05) is 5.75 Å². The summed E-state index contributed by atoms with van der Waals surface area (Å²) in [5.41, 5.74) is 0. The fourth-order valence-corrected chi connectivity index (χ4v) is 1.68. The van der Waals surface area contributed by atoms with Gasteiger partial charge in [0.25, 0.3) is 0 Å². The molecular weight excluding hydrogens is 128 g/mol. The van der Waals surface area contributed by atoms with Crippen LogP contribution in [0, 0.1) is 0 Å². The molecule has 1 aliphatic rings. The van der Waals surface area contributed by atoms with Gasteiger partial charge >= 0.3 is 0 Å². The van der Waals surface area contributed by atoms with Crippen molar-refractivity contribution >= 4 is 9.84 Å². The van der Waals surface area contributed by atoms with Crippen molar-refractivity contribution in [3.63, 3.8) is 0 Å². The maximum absolute atomic E-state index is 10.4. The fourth-order valence-electron chi connectivity index (χ4n) is 0.560. The number of hydrogen-bond acceptors (Lipinski definition) is 3. The van der Waals surface area contributed by atoms with Crippen LogP contribution in [-0.4, -0.2) is 25.4 Å². The zero-order valence-electron chi connectivity index (χ0n) is 4.11. The van der Waals surface area contributed by atoms with Gasteiger partial charge in [0.05, 0.1) is 11.9 Å². The summed E-state index contributed by atoms with van der Waals surface area (Å²) in [6.07, 6.45) is 0.495. The molecule has 1 unspecified atom stereocenters. The molecule has 1 aliphatic heterocycles. The third-order valence-electron chi connectivity index (χ3n) is 0.911. The minimum atomic E-state index is -3.03. The van der Waals surface area contributed by atoms with E-state index in [2.05, 4.69) is 0 Å². The highest BCUT2D eigenvalue weighted by atomic mass is 32.2. The SMILES string of the molecule is O=S1(=O)C=CC(O)C1. The largest absolute Gasteiger partial charge is 0.388 e. The monoisotopic (exact) mass is 134 g/mol. The molecule has 0 aromatic heterocycles. The summed E-state index contributed by atoms with van der Waals surface area (Å²) in [4.78, 5) is 0. The van der Waals surface area contributed by atoms with E-state index in [4.69, 9.17) is 5.11 Å². The smallest absolute Gasteiger partial charge is 0.174 e. The van der Waals surface area contributed by atoms with Gasteiger partial charge in [-0.3, -0.25) is 0 Å². The molecule has 46 valence electrons. The summed E-state index contributed by atoms with van der Waals surface area (Å²) in [6.45, 7) is 0. The molecular formula is C4H6O3S. The van der Waals surface area contributed by atoms with Gasteiger partial charge in [0.2, 0.25) is 0 Å². The van der Waals surface area contributed by atoms with Gasteiger partial charge < -0.3 is 5.11 Å². The van der Waals surface area contributed by atoms with E-state index in [1.807, 2.05) is 0 Å². The summed E-state index contributed by atoms with van der Waals surface area (Å²) in [5, 5.41) is 9.64. The molecule has 0 fully saturated rings. The first kappa shape index (κ1) is 5.78. The zero-order valence-corrected chi connectivity index (χ0v) is 4.93. The van der Waals surface area contributed by atoms with E-state index < -0.39 is 15.9 Å². The van der Waals surface area contributed by atoms with E-state index in [0.29, 0.717) is 0 Å². The summed E-state index contributed by atoms with van der Waals surface area (Å²) in [6, 6.07) is 0. The predicted octanol–water partition coefficient (Wildman–Crippen LogP) is -0.711. The molecule has 1 heterocycles. The first-order chi connectivity index (χ1) is 3.60. The van der Waals surface area contributed by atoms with Crippen LogP contribution in [0.4, 0.5) is 0 Å². The van der Waals surface area contributed by atoms with Crippen LogP contribution in [0.1, 0.15) is 0 Å². The molecule has 4 heteroatoms.